The van der Waals surface area contributed by atoms with Crippen LogP contribution in [0.3, 0.4) is 0 Å². The van der Waals surface area contributed by atoms with Crippen molar-refractivity contribution in [2.24, 2.45) is 0 Å². The average Bonchev–Trinajstić information content (AvgIpc) is 1.99. The summed E-state index contributed by atoms with van der Waals surface area (Å²) in [7, 11) is 0. The second-order valence-corrected chi connectivity index (χ2v) is 6.13. The molecule has 1 aromatic carbocycles. The molecule has 1 aromatic rings. The van der Waals surface area contributed by atoms with E-state index >= 15 is 0 Å². The molecule has 0 spiro atoms. The van der Waals surface area contributed by atoms with Crippen LogP contribution >= 0.6 is 0 Å². The van der Waals surface area contributed by atoms with Crippen LogP contribution in [0.2, 0.25) is 0 Å². The normalized spacial score (nSPS) is 12.1. The smallest absolute Gasteiger partial charge is 0.533 e. The molecule has 0 atom stereocenters. The third-order valence-electron chi connectivity index (χ3n) is 2.58. The maximum absolute atomic E-state index is 10.2. The van der Waals surface area contributed by atoms with Crippen LogP contribution in [0.5, 0.6) is 5.75 Å². The van der Waals surface area contributed by atoms with E-state index in [9.17, 15) is 5.11 Å². The topological polar surface area (TPSA) is 20.2 Å². The van der Waals surface area contributed by atoms with E-state index in [4.69, 9.17) is 0 Å². The second-order valence-electron chi connectivity index (χ2n) is 6.13. The minimum atomic E-state index is -0.0398. The molecule has 0 aliphatic rings. The standard InChI is InChI=1S/C14H21O.Li/c1-13(2,3)10-8-7-9-11(12(10)15)14(4,5)6;/h8-9,15H,1-6H3;/q-1;+1. The van der Waals surface area contributed by atoms with Gasteiger partial charge in [-0.3, -0.25) is 0 Å². The number of hydrogen-bond acceptors (Lipinski definition) is 1. The van der Waals surface area contributed by atoms with E-state index in [1.165, 1.54) is 0 Å². The molecule has 1 nitrogen and oxygen atoms in total. The predicted octanol–water partition coefficient (Wildman–Crippen LogP) is 0.791. The van der Waals surface area contributed by atoms with E-state index in [0.717, 1.165) is 11.1 Å². The Bertz CT molecular complexity index is 324. The molecule has 0 fully saturated rings. The number of phenols is 1. The summed E-state index contributed by atoms with van der Waals surface area (Å²) in [6.45, 7) is 12.6. The SMILES string of the molecule is CC(C)(C)c1c[c-]cc(C(C)(C)C)c1O.[Li+]. The van der Waals surface area contributed by atoms with E-state index < -0.39 is 0 Å². The molecular formula is C14H21LiO. The van der Waals surface area contributed by atoms with Gasteiger partial charge in [0.1, 0.15) is 0 Å². The molecule has 0 aliphatic carbocycles. The molecule has 0 saturated heterocycles. The maximum Gasteiger partial charge on any atom is 1.00 e. The Balaban J connectivity index is 0.00000225. The van der Waals surface area contributed by atoms with Gasteiger partial charge in [0.2, 0.25) is 0 Å². The van der Waals surface area contributed by atoms with Gasteiger partial charge >= 0.3 is 18.9 Å². The van der Waals surface area contributed by atoms with Gasteiger partial charge in [-0.05, 0) is 0 Å². The molecule has 0 radical (unpaired) electrons. The van der Waals surface area contributed by atoms with Crippen molar-refractivity contribution in [1.29, 1.82) is 0 Å². The van der Waals surface area contributed by atoms with Crippen molar-refractivity contribution in [2.45, 2.75) is 52.4 Å². The number of hydrogen-bond donors (Lipinski definition) is 1. The Morgan fingerprint density at radius 3 is 1.44 bits per heavy atom. The quantitative estimate of drug-likeness (QED) is 0.498. The zero-order valence-electron chi connectivity index (χ0n) is 11.6. The second kappa shape index (κ2) is 4.86. The van der Waals surface area contributed by atoms with Crippen molar-refractivity contribution in [3.8, 4) is 5.75 Å². The first kappa shape index (κ1) is 15.6. The Kier molecular flexibility index (Phi) is 4.74. The van der Waals surface area contributed by atoms with E-state index in [-0.39, 0.29) is 29.7 Å². The summed E-state index contributed by atoms with van der Waals surface area (Å²) < 4.78 is 0. The van der Waals surface area contributed by atoms with Crippen LogP contribution < -0.4 is 18.9 Å². The molecule has 0 amide bonds. The number of phenolic OH excluding ortho intramolecular Hbond substituents is 1. The summed E-state index contributed by atoms with van der Waals surface area (Å²) in [5.41, 5.74) is 1.86. The monoisotopic (exact) mass is 212 g/mol. The molecule has 84 valence electrons. The van der Waals surface area contributed by atoms with Crippen LogP contribution in [0, 0.1) is 6.07 Å². The van der Waals surface area contributed by atoms with Gasteiger partial charge in [0.15, 0.2) is 0 Å². The molecule has 16 heavy (non-hydrogen) atoms. The summed E-state index contributed by atoms with van der Waals surface area (Å²) in [5, 5.41) is 10.2. The molecule has 0 saturated carbocycles. The zero-order chi connectivity index (χ0) is 11.9. The Morgan fingerprint density at radius 2 is 1.19 bits per heavy atom. The molecular weight excluding hydrogens is 191 g/mol. The summed E-state index contributed by atoms with van der Waals surface area (Å²) in [5.74, 6) is 0.425. The van der Waals surface area contributed by atoms with Crippen LogP contribution in [0.1, 0.15) is 52.7 Å². The number of aromatic hydroxyl groups is 1. The summed E-state index contributed by atoms with van der Waals surface area (Å²) in [6.07, 6.45) is 0. The molecule has 1 rings (SSSR count). The first-order chi connectivity index (χ1) is 6.64. The van der Waals surface area contributed by atoms with E-state index in [1.54, 1.807) is 0 Å². The predicted molar refractivity (Wildman–Crippen MR) is 64.3 cm³/mol. The summed E-state index contributed by atoms with van der Waals surface area (Å²) in [6, 6.07) is 6.88. The number of rotatable bonds is 0. The van der Waals surface area contributed by atoms with E-state index in [2.05, 4.69) is 47.6 Å². The van der Waals surface area contributed by atoms with Gasteiger partial charge in [0.05, 0.1) is 0 Å². The van der Waals surface area contributed by atoms with Gasteiger partial charge in [0, 0.05) is 5.75 Å². The number of benzene rings is 1. The first-order valence-electron chi connectivity index (χ1n) is 5.38. The third-order valence-corrected chi connectivity index (χ3v) is 2.58. The van der Waals surface area contributed by atoms with E-state index in [0.29, 0.717) is 5.75 Å². The van der Waals surface area contributed by atoms with Crippen molar-refractivity contribution in [3.05, 3.63) is 29.3 Å². The van der Waals surface area contributed by atoms with Crippen molar-refractivity contribution >= 4 is 0 Å². The van der Waals surface area contributed by atoms with Crippen molar-refractivity contribution in [3.63, 3.8) is 0 Å². The minimum Gasteiger partial charge on any atom is -0.533 e. The molecule has 1 N–H and O–H groups in total. The Hall–Kier alpha value is -0.383. The van der Waals surface area contributed by atoms with Crippen LogP contribution in [-0.4, -0.2) is 5.11 Å². The van der Waals surface area contributed by atoms with E-state index in [1.807, 2.05) is 12.1 Å². The molecule has 0 heterocycles. The van der Waals surface area contributed by atoms with Gasteiger partial charge in [-0.2, -0.15) is 18.2 Å². The minimum absolute atomic E-state index is 0. The van der Waals surface area contributed by atoms with Crippen LogP contribution in [0.15, 0.2) is 12.1 Å². The van der Waals surface area contributed by atoms with Crippen LogP contribution in [0.25, 0.3) is 0 Å². The Morgan fingerprint density at radius 1 is 0.875 bits per heavy atom. The Labute approximate surface area is 111 Å². The van der Waals surface area contributed by atoms with Gasteiger partial charge in [-0.25, -0.2) is 0 Å². The van der Waals surface area contributed by atoms with Crippen LogP contribution in [-0.2, 0) is 10.8 Å². The van der Waals surface area contributed by atoms with Gasteiger partial charge in [0.25, 0.3) is 0 Å². The first-order valence-corrected chi connectivity index (χ1v) is 5.38. The van der Waals surface area contributed by atoms with Gasteiger partial charge in [-0.1, -0.05) is 52.4 Å². The summed E-state index contributed by atoms with van der Waals surface area (Å²) >= 11 is 0. The maximum atomic E-state index is 10.2. The fraction of sp³-hybridized carbons (Fsp3) is 0.571. The fourth-order valence-electron chi connectivity index (χ4n) is 1.63. The largest absolute Gasteiger partial charge is 1.00 e. The zero-order valence-corrected chi connectivity index (χ0v) is 11.6. The molecule has 2 heteroatoms. The van der Waals surface area contributed by atoms with Crippen molar-refractivity contribution < 1.29 is 24.0 Å². The van der Waals surface area contributed by atoms with Crippen LogP contribution in [0.4, 0.5) is 0 Å². The van der Waals surface area contributed by atoms with Crippen molar-refractivity contribution in [1.82, 2.24) is 0 Å². The fourth-order valence-corrected chi connectivity index (χ4v) is 1.63. The van der Waals surface area contributed by atoms with Gasteiger partial charge < -0.3 is 5.11 Å². The van der Waals surface area contributed by atoms with Crippen molar-refractivity contribution in [2.75, 3.05) is 0 Å². The summed E-state index contributed by atoms with van der Waals surface area (Å²) in [4.78, 5) is 0. The molecule has 0 bridgehead atoms. The average molecular weight is 212 g/mol. The molecule has 0 aliphatic heterocycles. The molecule has 0 unspecified atom stereocenters. The third kappa shape index (κ3) is 3.30. The van der Waals surface area contributed by atoms with Gasteiger partial charge in [-0.15, -0.1) is 11.1 Å². The molecule has 0 aromatic heterocycles.